The van der Waals surface area contributed by atoms with Crippen molar-refractivity contribution in [1.82, 2.24) is 10.1 Å². The van der Waals surface area contributed by atoms with E-state index in [0.717, 1.165) is 24.8 Å². The van der Waals surface area contributed by atoms with Crippen LogP contribution in [-0.2, 0) is 6.42 Å². The summed E-state index contributed by atoms with van der Waals surface area (Å²) in [5.41, 5.74) is 6.48. The van der Waals surface area contributed by atoms with Crippen LogP contribution in [0.1, 0.15) is 25.7 Å². The van der Waals surface area contributed by atoms with E-state index in [0.29, 0.717) is 16.7 Å². The van der Waals surface area contributed by atoms with Crippen LogP contribution in [0, 0.1) is 0 Å². The number of hydrogen-bond acceptors (Lipinski definition) is 4. The molecule has 18 heavy (non-hydrogen) atoms. The Morgan fingerprint density at radius 2 is 2.17 bits per heavy atom. The molecular formula is C13H16ClN3O. The van der Waals surface area contributed by atoms with Gasteiger partial charge in [0, 0.05) is 18.0 Å². The lowest BCUT2D eigenvalue weighted by atomic mass is 10.1. The van der Waals surface area contributed by atoms with Crippen molar-refractivity contribution in [1.29, 1.82) is 0 Å². The molecule has 1 heterocycles. The predicted molar refractivity (Wildman–Crippen MR) is 71.3 cm³/mol. The van der Waals surface area contributed by atoms with Gasteiger partial charge in [-0.25, -0.2) is 0 Å². The Bertz CT molecular complexity index is 510. The SMILES string of the molecule is CC(N)CCCc1nc(-c2ccccc2Cl)no1. The third-order valence-corrected chi connectivity index (χ3v) is 2.96. The number of hydrogen-bond donors (Lipinski definition) is 1. The van der Waals surface area contributed by atoms with Gasteiger partial charge in [-0.05, 0) is 31.9 Å². The van der Waals surface area contributed by atoms with Crippen LogP contribution >= 0.6 is 11.6 Å². The number of rotatable bonds is 5. The fraction of sp³-hybridized carbons (Fsp3) is 0.385. The molecule has 0 radical (unpaired) electrons. The molecule has 0 saturated heterocycles. The van der Waals surface area contributed by atoms with Gasteiger partial charge in [0.15, 0.2) is 0 Å². The molecule has 0 aliphatic rings. The molecule has 4 nitrogen and oxygen atoms in total. The summed E-state index contributed by atoms with van der Waals surface area (Å²) < 4.78 is 5.20. The quantitative estimate of drug-likeness (QED) is 0.902. The molecular weight excluding hydrogens is 250 g/mol. The van der Waals surface area contributed by atoms with E-state index in [1.807, 2.05) is 31.2 Å². The van der Waals surface area contributed by atoms with Gasteiger partial charge in [0.1, 0.15) is 0 Å². The Hall–Kier alpha value is -1.39. The zero-order valence-electron chi connectivity index (χ0n) is 10.3. The molecule has 1 aromatic heterocycles. The van der Waals surface area contributed by atoms with Crippen molar-refractivity contribution in [2.24, 2.45) is 5.73 Å². The molecule has 0 spiro atoms. The highest BCUT2D eigenvalue weighted by Crippen LogP contribution is 2.25. The number of nitrogens with zero attached hydrogens (tertiary/aromatic N) is 2. The first-order valence-electron chi connectivity index (χ1n) is 6.00. The van der Waals surface area contributed by atoms with Crippen LogP contribution in [0.25, 0.3) is 11.4 Å². The first kappa shape index (κ1) is 13.1. The molecule has 1 unspecified atom stereocenters. The van der Waals surface area contributed by atoms with Gasteiger partial charge in [0.2, 0.25) is 11.7 Å². The zero-order valence-corrected chi connectivity index (χ0v) is 11.0. The molecule has 1 aromatic carbocycles. The monoisotopic (exact) mass is 265 g/mol. The summed E-state index contributed by atoms with van der Waals surface area (Å²) >= 11 is 6.08. The maximum atomic E-state index is 6.08. The Kier molecular flexibility index (Phi) is 4.33. The Labute approximate surface area is 111 Å². The average Bonchev–Trinajstić information content (AvgIpc) is 2.78. The summed E-state index contributed by atoms with van der Waals surface area (Å²) in [7, 11) is 0. The average molecular weight is 266 g/mol. The van der Waals surface area contributed by atoms with E-state index in [1.54, 1.807) is 0 Å². The van der Waals surface area contributed by atoms with Crippen molar-refractivity contribution in [3.8, 4) is 11.4 Å². The van der Waals surface area contributed by atoms with Crippen LogP contribution in [0.3, 0.4) is 0 Å². The number of aromatic nitrogens is 2. The second-order valence-electron chi connectivity index (χ2n) is 4.36. The lowest BCUT2D eigenvalue weighted by molar-refractivity contribution is 0.373. The summed E-state index contributed by atoms with van der Waals surface area (Å²) in [5, 5.41) is 4.57. The van der Waals surface area contributed by atoms with E-state index in [9.17, 15) is 0 Å². The standard InChI is InChI=1S/C13H16ClN3O/c1-9(15)5-4-8-12-16-13(17-18-12)10-6-2-3-7-11(10)14/h2-3,6-7,9H,4-5,8,15H2,1H3. The van der Waals surface area contributed by atoms with Gasteiger partial charge in [-0.1, -0.05) is 28.9 Å². The van der Waals surface area contributed by atoms with Gasteiger partial charge in [0.25, 0.3) is 0 Å². The molecule has 96 valence electrons. The van der Waals surface area contributed by atoms with E-state index in [-0.39, 0.29) is 6.04 Å². The molecule has 5 heteroatoms. The summed E-state index contributed by atoms with van der Waals surface area (Å²) in [6.07, 6.45) is 2.64. The predicted octanol–water partition coefficient (Wildman–Crippen LogP) is 3.06. The second-order valence-corrected chi connectivity index (χ2v) is 4.77. The molecule has 0 saturated carbocycles. The molecule has 2 aromatic rings. The lowest BCUT2D eigenvalue weighted by Crippen LogP contribution is -2.14. The summed E-state index contributed by atoms with van der Waals surface area (Å²) in [6, 6.07) is 7.65. The smallest absolute Gasteiger partial charge is 0.226 e. The number of benzene rings is 1. The highest BCUT2D eigenvalue weighted by Gasteiger charge is 2.11. The molecule has 0 amide bonds. The molecule has 0 aliphatic carbocycles. The molecule has 0 aliphatic heterocycles. The Balaban J connectivity index is 2.04. The zero-order chi connectivity index (χ0) is 13.0. The van der Waals surface area contributed by atoms with Gasteiger partial charge in [-0.15, -0.1) is 0 Å². The first-order valence-corrected chi connectivity index (χ1v) is 6.37. The first-order chi connectivity index (χ1) is 8.66. The second kappa shape index (κ2) is 5.98. The third-order valence-electron chi connectivity index (χ3n) is 2.63. The molecule has 1 atom stereocenters. The van der Waals surface area contributed by atoms with Crippen molar-refractivity contribution in [3.05, 3.63) is 35.2 Å². The fourth-order valence-electron chi connectivity index (χ4n) is 1.68. The van der Waals surface area contributed by atoms with Gasteiger partial charge < -0.3 is 10.3 Å². The van der Waals surface area contributed by atoms with Crippen LogP contribution in [0.4, 0.5) is 0 Å². The highest BCUT2D eigenvalue weighted by atomic mass is 35.5. The van der Waals surface area contributed by atoms with Crippen molar-refractivity contribution < 1.29 is 4.52 Å². The summed E-state index contributed by atoms with van der Waals surface area (Å²) in [4.78, 5) is 4.34. The largest absolute Gasteiger partial charge is 0.339 e. The number of halogens is 1. The lowest BCUT2D eigenvalue weighted by Gasteiger charge is -2.00. The minimum atomic E-state index is 0.205. The van der Waals surface area contributed by atoms with Crippen LogP contribution < -0.4 is 5.73 Å². The van der Waals surface area contributed by atoms with E-state index in [1.165, 1.54) is 0 Å². The van der Waals surface area contributed by atoms with Crippen molar-refractivity contribution >= 4 is 11.6 Å². The summed E-state index contributed by atoms with van der Waals surface area (Å²) in [6.45, 7) is 1.99. The molecule has 2 N–H and O–H groups in total. The molecule has 0 fully saturated rings. The topological polar surface area (TPSA) is 64.9 Å². The van der Waals surface area contributed by atoms with Crippen molar-refractivity contribution in [3.63, 3.8) is 0 Å². The Morgan fingerprint density at radius 3 is 2.89 bits per heavy atom. The minimum absolute atomic E-state index is 0.205. The van der Waals surface area contributed by atoms with E-state index < -0.39 is 0 Å². The van der Waals surface area contributed by atoms with Gasteiger partial charge >= 0.3 is 0 Å². The number of nitrogens with two attached hydrogens (primary N) is 1. The van der Waals surface area contributed by atoms with Gasteiger partial charge in [-0.3, -0.25) is 0 Å². The molecule has 0 bridgehead atoms. The minimum Gasteiger partial charge on any atom is -0.339 e. The van der Waals surface area contributed by atoms with Gasteiger partial charge in [0.05, 0.1) is 5.02 Å². The normalized spacial score (nSPS) is 12.6. The van der Waals surface area contributed by atoms with Crippen LogP contribution in [0.15, 0.2) is 28.8 Å². The van der Waals surface area contributed by atoms with E-state index in [4.69, 9.17) is 21.9 Å². The van der Waals surface area contributed by atoms with E-state index >= 15 is 0 Å². The summed E-state index contributed by atoms with van der Waals surface area (Å²) in [5.74, 6) is 1.17. The van der Waals surface area contributed by atoms with Crippen molar-refractivity contribution in [2.45, 2.75) is 32.2 Å². The molecule has 2 rings (SSSR count). The highest BCUT2D eigenvalue weighted by molar-refractivity contribution is 6.33. The van der Waals surface area contributed by atoms with Crippen LogP contribution in [-0.4, -0.2) is 16.2 Å². The van der Waals surface area contributed by atoms with Gasteiger partial charge in [-0.2, -0.15) is 4.98 Å². The number of aryl methyl sites for hydroxylation is 1. The fourth-order valence-corrected chi connectivity index (χ4v) is 1.90. The van der Waals surface area contributed by atoms with Crippen molar-refractivity contribution in [2.75, 3.05) is 0 Å². The third kappa shape index (κ3) is 3.31. The Morgan fingerprint density at radius 1 is 1.39 bits per heavy atom. The maximum absolute atomic E-state index is 6.08. The van der Waals surface area contributed by atoms with Crippen LogP contribution in [0.5, 0.6) is 0 Å². The van der Waals surface area contributed by atoms with Crippen LogP contribution in [0.2, 0.25) is 5.02 Å². The van der Waals surface area contributed by atoms with E-state index in [2.05, 4.69) is 10.1 Å². The maximum Gasteiger partial charge on any atom is 0.226 e.